The first kappa shape index (κ1) is 53.1. The highest BCUT2D eigenvalue weighted by Gasteiger charge is 2.24. The molecule has 0 radical (unpaired) electrons. The van der Waals surface area contributed by atoms with Gasteiger partial charge in [0.15, 0.2) is 0 Å². The van der Waals surface area contributed by atoms with Gasteiger partial charge in [0.05, 0.1) is 25.2 Å². The number of carbonyl (C=O) groups is 2. The van der Waals surface area contributed by atoms with Crippen LogP contribution in [0, 0.1) is 0 Å². The monoisotopic (exact) mass is 774 g/mol. The molecule has 0 aliphatic carbocycles. The topological polar surface area (TPSA) is 95.9 Å². The molecule has 0 saturated heterocycles. The number of esters is 1. The number of nitrogens with one attached hydrogen (secondary N) is 1. The Bertz CT molecular complexity index is 915. The molecule has 3 atom stereocenters. The van der Waals surface area contributed by atoms with Gasteiger partial charge in [0.2, 0.25) is 5.91 Å². The predicted octanol–water partition coefficient (Wildman–Crippen LogP) is 13.7. The number of allylic oxidation sites excluding steroid dienone is 6. The minimum atomic E-state index is -0.792. The highest BCUT2D eigenvalue weighted by molar-refractivity contribution is 5.77. The maximum Gasteiger partial charge on any atom is 0.306 e. The Morgan fingerprint density at radius 3 is 1.47 bits per heavy atom. The van der Waals surface area contributed by atoms with Crippen LogP contribution in [-0.4, -0.2) is 46.9 Å². The Kier molecular flexibility index (Phi) is 41.7. The van der Waals surface area contributed by atoms with Crippen molar-refractivity contribution < 1.29 is 24.5 Å². The fourth-order valence-corrected chi connectivity index (χ4v) is 7.07. The van der Waals surface area contributed by atoms with Crippen LogP contribution in [0.5, 0.6) is 0 Å². The highest BCUT2D eigenvalue weighted by atomic mass is 16.5. The summed E-state index contributed by atoms with van der Waals surface area (Å²) < 4.78 is 5.88. The van der Waals surface area contributed by atoms with Gasteiger partial charge >= 0.3 is 5.97 Å². The van der Waals surface area contributed by atoms with Crippen LogP contribution in [0.1, 0.15) is 239 Å². The van der Waals surface area contributed by atoms with E-state index in [0.717, 1.165) is 64.2 Å². The standard InChI is InChI=1S/C49H91NO5/c1-4-7-10-13-16-19-22-23-24-25-27-30-33-36-39-42-49(54)55-45(40-37-34-31-28-26-20-17-14-11-8-5-2)43-48(53)50-46(44-51)47(52)41-38-35-32-29-21-18-15-12-9-6-3/h16,19,22-23,28,31,45-47,51-52H,4-15,17-18,20-21,24-27,29-30,32-44H2,1-3H3,(H,50,53)/b19-16+,23-22+,31-28-. The largest absolute Gasteiger partial charge is 0.462 e. The summed E-state index contributed by atoms with van der Waals surface area (Å²) in [5, 5.41) is 23.6. The lowest BCUT2D eigenvalue weighted by Gasteiger charge is -2.24. The van der Waals surface area contributed by atoms with Gasteiger partial charge in [-0.2, -0.15) is 0 Å². The lowest BCUT2D eigenvalue weighted by atomic mass is 10.0. The van der Waals surface area contributed by atoms with Gasteiger partial charge in [0.25, 0.3) is 0 Å². The zero-order chi connectivity index (χ0) is 40.3. The summed E-state index contributed by atoms with van der Waals surface area (Å²) in [5.74, 6) is -0.514. The zero-order valence-electron chi connectivity index (χ0n) is 36.6. The summed E-state index contributed by atoms with van der Waals surface area (Å²) in [7, 11) is 0. The molecular weight excluding hydrogens is 683 g/mol. The zero-order valence-corrected chi connectivity index (χ0v) is 36.6. The van der Waals surface area contributed by atoms with E-state index in [-0.39, 0.29) is 24.9 Å². The van der Waals surface area contributed by atoms with Crippen molar-refractivity contribution in [1.29, 1.82) is 0 Å². The summed E-state index contributed by atoms with van der Waals surface area (Å²) in [6.07, 6.45) is 49.2. The van der Waals surface area contributed by atoms with Crippen LogP contribution in [0.2, 0.25) is 0 Å². The molecule has 0 rings (SSSR count). The van der Waals surface area contributed by atoms with Gasteiger partial charge < -0.3 is 20.3 Å². The lowest BCUT2D eigenvalue weighted by molar-refractivity contribution is -0.151. The molecule has 0 aromatic rings. The molecule has 3 N–H and O–H groups in total. The van der Waals surface area contributed by atoms with Gasteiger partial charge in [-0.3, -0.25) is 9.59 Å². The average molecular weight is 774 g/mol. The number of aliphatic hydroxyl groups excluding tert-OH is 2. The van der Waals surface area contributed by atoms with E-state index in [1.165, 1.54) is 128 Å². The van der Waals surface area contributed by atoms with E-state index in [0.29, 0.717) is 19.3 Å². The molecule has 0 fully saturated rings. The minimum Gasteiger partial charge on any atom is -0.462 e. The maximum absolute atomic E-state index is 13.1. The number of hydrogen-bond donors (Lipinski definition) is 3. The van der Waals surface area contributed by atoms with Crippen LogP contribution in [-0.2, 0) is 14.3 Å². The molecule has 1 amide bonds. The average Bonchev–Trinajstić information content (AvgIpc) is 3.18. The number of ether oxygens (including phenoxy) is 1. The van der Waals surface area contributed by atoms with Crippen molar-refractivity contribution >= 4 is 11.9 Å². The van der Waals surface area contributed by atoms with Crippen molar-refractivity contribution in [3.05, 3.63) is 36.5 Å². The van der Waals surface area contributed by atoms with Gasteiger partial charge in [0.1, 0.15) is 6.10 Å². The Morgan fingerprint density at radius 1 is 0.527 bits per heavy atom. The molecule has 0 heterocycles. The summed E-state index contributed by atoms with van der Waals surface area (Å²) in [4.78, 5) is 26.0. The smallest absolute Gasteiger partial charge is 0.306 e. The Labute approximate surface area is 341 Å². The summed E-state index contributed by atoms with van der Waals surface area (Å²) in [5.41, 5.74) is 0. The van der Waals surface area contributed by atoms with Gasteiger partial charge in [-0.05, 0) is 70.6 Å². The third-order valence-corrected chi connectivity index (χ3v) is 10.7. The first-order valence-corrected chi connectivity index (χ1v) is 23.7. The van der Waals surface area contributed by atoms with E-state index < -0.39 is 18.2 Å². The number of carbonyl (C=O) groups excluding carboxylic acids is 2. The minimum absolute atomic E-state index is 0.0534. The highest BCUT2D eigenvalue weighted by Crippen LogP contribution is 2.17. The predicted molar refractivity (Wildman–Crippen MR) is 236 cm³/mol. The molecule has 0 spiro atoms. The number of amides is 1. The first-order valence-electron chi connectivity index (χ1n) is 23.7. The molecule has 0 aromatic carbocycles. The van der Waals surface area contributed by atoms with E-state index in [1.54, 1.807) is 0 Å². The third-order valence-electron chi connectivity index (χ3n) is 10.7. The number of unbranched alkanes of at least 4 members (excludes halogenated alkanes) is 25. The van der Waals surface area contributed by atoms with E-state index >= 15 is 0 Å². The van der Waals surface area contributed by atoms with Crippen LogP contribution in [0.25, 0.3) is 0 Å². The molecule has 0 aliphatic rings. The number of hydrogen-bond acceptors (Lipinski definition) is 5. The van der Waals surface area contributed by atoms with Gasteiger partial charge in [-0.15, -0.1) is 0 Å². The quantitative estimate of drug-likeness (QED) is 0.0248. The Hall–Kier alpha value is -1.92. The third kappa shape index (κ3) is 38.7. The fraction of sp³-hybridized carbons (Fsp3) is 0.837. The van der Waals surface area contributed by atoms with E-state index in [4.69, 9.17) is 4.74 Å². The second-order valence-corrected chi connectivity index (χ2v) is 16.2. The number of rotatable bonds is 42. The van der Waals surface area contributed by atoms with Crippen molar-refractivity contribution in [3.8, 4) is 0 Å². The molecule has 0 bridgehead atoms. The van der Waals surface area contributed by atoms with Crippen molar-refractivity contribution in [2.24, 2.45) is 0 Å². The van der Waals surface area contributed by atoms with E-state index in [2.05, 4.69) is 62.5 Å². The van der Waals surface area contributed by atoms with Crippen LogP contribution in [0.3, 0.4) is 0 Å². The van der Waals surface area contributed by atoms with Crippen molar-refractivity contribution in [1.82, 2.24) is 5.32 Å². The fourth-order valence-electron chi connectivity index (χ4n) is 7.07. The van der Waals surface area contributed by atoms with Crippen LogP contribution in [0.4, 0.5) is 0 Å². The molecule has 322 valence electrons. The SMILES string of the molecule is CCCCC/C=C/C=C/CCCCCCCCC(=O)OC(CCC/C=C\CCCCCCCC)CC(=O)NC(CO)C(O)CCCCCCCCCCCC. The van der Waals surface area contributed by atoms with E-state index in [9.17, 15) is 19.8 Å². The molecule has 0 aliphatic heterocycles. The van der Waals surface area contributed by atoms with Crippen molar-refractivity contribution in [2.45, 2.75) is 257 Å². The summed E-state index contributed by atoms with van der Waals surface area (Å²) >= 11 is 0. The lowest BCUT2D eigenvalue weighted by Crippen LogP contribution is -2.46. The van der Waals surface area contributed by atoms with Crippen LogP contribution in [0.15, 0.2) is 36.5 Å². The normalized spacial score (nSPS) is 13.6. The van der Waals surface area contributed by atoms with Gasteiger partial charge in [-0.1, -0.05) is 192 Å². The molecule has 3 unspecified atom stereocenters. The summed E-state index contributed by atoms with van der Waals surface area (Å²) in [6.45, 7) is 6.41. The van der Waals surface area contributed by atoms with Crippen LogP contribution < -0.4 is 5.32 Å². The van der Waals surface area contributed by atoms with Gasteiger partial charge in [-0.25, -0.2) is 0 Å². The Morgan fingerprint density at radius 2 is 0.945 bits per heavy atom. The van der Waals surface area contributed by atoms with E-state index in [1.807, 2.05) is 0 Å². The first-order chi connectivity index (χ1) is 27.0. The maximum atomic E-state index is 13.1. The van der Waals surface area contributed by atoms with Gasteiger partial charge in [0, 0.05) is 6.42 Å². The van der Waals surface area contributed by atoms with Crippen LogP contribution >= 0.6 is 0 Å². The molecule has 6 nitrogen and oxygen atoms in total. The molecule has 6 heteroatoms. The van der Waals surface area contributed by atoms with Crippen molar-refractivity contribution in [3.63, 3.8) is 0 Å². The second kappa shape index (κ2) is 43.2. The molecule has 55 heavy (non-hydrogen) atoms. The molecule has 0 aromatic heterocycles. The number of aliphatic hydroxyl groups is 2. The molecular formula is C49H91NO5. The van der Waals surface area contributed by atoms with Crippen molar-refractivity contribution in [2.75, 3.05) is 6.61 Å². The second-order valence-electron chi connectivity index (χ2n) is 16.2. The molecule has 0 saturated carbocycles. The summed E-state index contributed by atoms with van der Waals surface area (Å²) in [6, 6.07) is -0.708. The Balaban J connectivity index is 4.61.